The Kier molecular flexibility index (Phi) is 28.5. The van der Waals surface area contributed by atoms with E-state index in [1.807, 2.05) is 121 Å². The standard InChI is InChI=1S/C38H34N4.C27H32N2.C25H30N2.C23H26N2/c39-33-17-9-29(10-18-33)37(30-11-19-34(40)20-12-30)27-5-1-25(2-6-27)26-3-7-28(8-4-26)38(31-13-21-35(41)22-14-31)32-15-23-36(42)24-16-32;1-18-16-23(20-6-4-3-5-7-20)17-19(2)26(18)27(21-8-12-24(28)13-9-21)22-10-14-25(29)15-11-22;26-23-14-10-21(11-15-23)25(22-12-16-24(27)17-13-22)20-8-6-19(7-9-20)18-4-2-1-3-5-18;1-3-16(2)17-4-6-18(7-5-17)23(19-8-12-21(24)13-9-19)20-10-14-22(25)15-11-20/h1-24,37-38H,39-42H2;8-17,20,27H,3-7,28-29H2,1-2H3;6,8,10-18,25H,1-5,7,9,26-27H2;4-16,23H,3,24-25H2,1-2H3. The number of allylic oxidation sites excluding steroid dienone is 4. The van der Waals surface area contributed by atoms with Crippen molar-refractivity contribution < 1.29 is 0 Å². The van der Waals surface area contributed by atoms with Gasteiger partial charge in [-0.15, -0.1) is 0 Å². The van der Waals surface area contributed by atoms with Crippen LogP contribution in [0.4, 0.5) is 56.9 Å². The molecule has 0 amide bonds. The zero-order chi connectivity index (χ0) is 85.9. The van der Waals surface area contributed by atoms with Crippen LogP contribution in [0.5, 0.6) is 0 Å². The second kappa shape index (κ2) is 40.7. The van der Waals surface area contributed by atoms with Crippen molar-refractivity contribution in [3.8, 4) is 11.1 Å². The van der Waals surface area contributed by atoms with E-state index >= 15 is 0 Å². The Morgan fingerprint density at radius 2 is 0.463 bits per heavy atom. The minimum absolute atomic E-state index is 0.0724. The Bertz CT molecular complexity index is 5370. The van der Waals surface area contributed by atoms with Crippen LogP contribution in [-0.4, -0.2) is 0 Å². The molecule has 624 valence electrons. The maximum Gasteiger partial charge on any atom is 0.0345 e. The lowest BCUT2D eigenvalue weighted by molar-refractivity contribution is 0.393. The largest absolute Gasteiger partial charge is 0.399 e. The van der Waals surface area contributed by atoms with E-state index in [0.717, 1.165) is 92.7 Å². The molecule has 1 unspecified atom stereocenters. The van der Waals surface area contributed by atoms with Crippen molar-refractivity contribution in [2.75, 3.05) is 57.3 Å². The summed E-state index contributed by atoms with van der Waals surface area (Å²) in [6.07, 6.45) is 22.1. The van der Waals surface area contributed by atoms with Crippen LogP contribution in [0.25, 0.3) is 11.1 Å². The van der Waals surface area contributed by atoms with Gasteiger partial charge in [-0.2, -0.15) is 0 Å². The average molecular weight is 1620 g/mol. The molecular formula is C113H122N10. The van der Waals surface area contributed by atoms with Crippen LogP contribution < -0.4 is 57.3 Å². The topological polar surface area (TPSA) is 260 Å². The Morgan fingerprint density at radius 1 is 0.244 bits per heavy atom. The van der Waals surface area contributed by atoms with Gasteiger partial charge in [-0.3, -0.25) is 0 Å². The molecule has 14 aromatic carbocycles. The first kappa shape index (κ1) is 86.0. The molecule has 10 nitrogen and oxygen atoms in total. The van der Waals surface area contributed by atoms with Crippen molar-refractivity contribution in [3.05, 3.63) is 451 Å². The third-order valence-electron chi connectivity index (χ3n) is 25.7. The van der Waals surface area contributed by atoms with Crippen molar-refractivity contribution in [2.24, 2.45) is 5.92 Å². The smallest absolute Gasteiger partial charge is 0.0345 e. The third kappa shape index (κ3) is 22.0. The normalized spacial score (nSPS) is 13.9. The summed E-state index contributed by atoms with van der Waals surface area (Å²) in [5.41, 5.74) is 95.9. The Labute approximate surface area is 730 Å². The minimum atomic E-state index is 0.0724. The first-order chi connectivity index (χ1) is 59.7. The molecule has 0 radical (unpaired) electrons. The fraction of sp³-hybridized carbons (Fsp3) is 0.221. The number of rotatable bonds is 20. The predicted octanol–water partition coefficient (Wildman–Crippen LogP) is 26.5. The zero-order valence-electron chi connectivity index (χ0n) is 71.9. The molecule has 1 atom stereocenters. The molecule has 14 aromatic rings. The van der Waals surface area contributed by atoms with Crippen molar-refractivity contribution >= 4 is 56.9 Å². The number of hydrogen-bond donors (Lipinski definition) is 10. The molecule has 0 spiro atoms. The molecule has 0 saturated heterocycles. The van der Waals surface area contributed by atoms with Crippen molar-refractivity contribution in [3.63, 3.8) is 0 Å². The highest BCUT2D eigenvalue weighted by Crippen LogP contribution is 2.45. The summed E-state index contributed by atoms with van der Waals surface area (Å²) in [7, 11) is 0. The molecule has 123 heavy (non-hydrogen) atoms. The summed E-state index contributed by atoms with van der Waals surface area (Å²) < 4.78 is 0. The Balaban J connectivity index is 0.000000137. The van der Waals surface area contributed by atoms with Crippen LogP contribution in [0.3, 0.4) is 0 Å². The van der Waals surface area contributed by atoms with E-state index in [4.69, 9.17) is 57.3 Å². The summed E-state index contributed by atoms with van der Waals surface area (Å²) >= 11 is 0. The number of hydrogen-bond acceptors (Lipinski definition) is 10. The monoisotopic (exact) mass is 1620 g/mol. The van der Waals surface area contributed by atoms with Crippen LogP contribution in [-0.2, 0) is 0 Å². The van der Waals surface area contributed by atoms with Crippen LogP contribution in [0.15, 0.2) is 351 Å². The van der Waals surface area contributed by atoms with Gasteiger partial charge in [0, 0.05) is 86.5 Å². The number of nitrogens with two attached hydrogens (primary N) is 10. The second-order valence-corrected chi connectivity index (χ2v) is 34.3. The fourth-order valence-corrected chi connectivity index (χ4v) is 18.6. The Morgan fingerprint density at radius 3 is 0.707 bits per heavy atom. The van der Waals surface area contributed by atoms with Gasteiger partial charge in [0.2, 0.25) is 0 Å². The highest BCUT2D eigenvalue weighted by molar-refractivity contribution is 5.67. The molecule has 3 aliphatic carbocycles. The molecule has 0 bridgehead atoms. The summed E-state index contributed by atoms with van der Waals surface area (Å²) in [6, 6.07) is 114. The third-order valence-corrected chi connectivity index (χ3v) is 25.7. The van der Waals surface area contributed by atoms with Gasteiger partial charge in [0.1, 0.15) is 0 Å². The summed E-state index contributed by atoms with van der Waals surface area (Å²) in [5, 5.41) is 0. The number of benzene rings is 14. The predicted molar refractivity (Wildman–Crippen MR) is 525 cm³/mol. The van der Waals surface area contributed by atoms with E-state index < -0.39 is 0 Å². The van der Waals surface area contributed by atoms with E-state index in [2.05, 4.69) is 246 Å². The molecule has 2 saturated carbocycles. The fourth-order valence-electron chi connectivity index (χ4n) is 18.6. The number of aryl methyl sites for hydroxylation is 2. The molecule has 3 aliphatic rings. The van der Waals surface area contributed by atoms with E-state index in [-0.39, 0.29) is 29.6 Å². The first-order valence-electron chi connectivity index (χ1n) is 44.1. The highest BCUT2D eigenvalue weighted by atomic mass is 14.6. The quantitative estimate of drug-likeness (QED) is 0.0255. The number of nitrogen functional groups attached to an aromatic ring is 10. The second-order valence-electron chi connectivity index (χ2n) is 34.3. The van der Waals surface area contributed by atoms with Gasteiger partial charge in [0.15, 0.2) is 0 Å². The van der Waals surface area contributed by atoms with Crippen molar-refractivity contribution in [2.45, 2.75) is 153 Å². The van der Waals surface area contributed by atoms with Gasteiger partial charge in [0.25, 0.3) is 0 Å². The summed E-state index contributed by atoms with van der Waals surface area (Å²) in [5.74, 6) is 2.90. The molecule has 10 heteroatoms. The maximum atomic E-state index is 5.99. The van der Waals surface area contributed by atoms with Gasteiger partial charge in [-0.05, 0) is 309 Å². The van der Waals surface area contributed by atoms with Crippen LogP contribution in [0.2, 0.25) is 0 Å². The summed E-state index contributed by atoms with van der Waals surface area (Å²) in [6.45, 7) is 9.04. The zero-order valence-corrected chi connectivity index (χ0v) is 71.9. The molecule has 17 rings (SSSR count). The van der Waals surface area contributed by atoms with Crippen molar-refractivity contribution in [1.82, 2.24) is 0 Å². The molecule has 20 N–H and O–H groups in total. The molecule has 2 fully saturated rings. The lowest BCUT2D eigenvalue weighted by atomic mass is 9.76. The lowest BCUT2D eigenvalue weighted by Gasteiger charge is -2.29. The summed E-state index contributed by atoms with van der Waals surface area (Å²) in [4.78, 5) is 0. The lowest BCUT2D eigenvalue weighted by Crippen LogP contribution is -2.13. The van der Waals surface area contributed by atoms with Gasteiger partial charge < -0.3 is 57.3 Å². The van der Waals surface area contributed by atoms with Gasteiger partial charge in [-0.25, -0.2) is 0 Å². The van der Waals surface area contributed by atoms with Crippen LogP contribution >= 0.6 is 0 Å². The van der Waals surface area contributed by atoms with Gasteiger partial charge in [0.05, 0.1) is 0 Å². The molecular weight excluding hydrogens is 1500 g/mol. The average Bonchev–Trinajstić information content (AvgIpc) is 0.776. The van der Waals surface area contributed by atoms with E-state index in [0.29, 0.717) is 5.92 Å². The first-order valence-corrected chi connectivity index (χ1v) is 44.1. The number of anilines is 10. The molecule has 0 aromatic heterocycles. The van der Waals surface area contributed by atoms with Gasteiger partial charge >= 0.3 is 0 Å². The minimum Gasteiger partial charge on any atom is -0.399 e. The van der Waals surface area contributed by atoms with Crippen molar-refractivity contribution in [1.29, 1.82) is 0 Å². The maximum absolute atomic E-state index is 5.99. The Hall–Kier alpha value is -13.4. The van der Waals surface area contributed by atoms with E-state index in [1.54, 1.807) is 5.57 Å². The molecule has 0 aliphatic heterocycles. The van der Waals surface area contributed by atoms with Crippen LogP contribution in [0.1, 0.15) is 239 Å². The SMILES string of the molecule is CCC(C)c1ccc(C(c2ccc(N)cc2)c2ccc(N)cc2)cc1.Cc1cc(C2CCCCC2)cc(C)c1C(c1ccc(N)cc1)c1ccc(N)cc1.Nc1ccc(C(C2=CC=C(C3CCCCC3)CC2)c2ccc(N)cc2)cc1.Nc1ccc(C(c2ccc(N)cc2)c2ccc(-c3ccc(C(c4ccc(N)cc4)c4ccc(N)cc4)cc3)cc2)cc1. The highest BCUT2D eigenvalue weighted by Gasteiger charge is 2.28. The molecule has 0 heterocycles. The van der Waals surface area contributed by atoms with E-state index in [9.17, 15) is 0 Å². The van der Waals surface area contributed by atoms with Gasteiger partial charge in [-0.1, -0.05) is 282 Å². The van der Waals surface area contributed by atoms with Crippen LogP contribution in [0, 0.1) is 19.8 Å². The van der Waals surface area contributed by atoms with E-state index in [1.165, 1.54) is 176 Å².